The second kappa shape index (κ2) is 7.44. The molecule has 0 aliphatic heterocycles. The Kier molecular flexibility index (Phi) is 5.10. The summed E-state index contributed by atoms with van der Waals surface area (Å²) < 4.78 is 12.9. The summed E-state index contributed by atoms with van der Waals surface area (Å²) in [5.41, 5.74) is 3.31. The van der Waals surface area contributed by atoms with Gasteiger partial charge in [-0.1, -0.05) is 19.1 Å². The van der Waals surface area contributed by atoms with E-state index in [9.17, 15) is 0 Å². The van der Waals surface area contributed by atoms with E-state index in [0.29, 0.717) is 6.61 Å². The molecule has 2 aromatic heterocycles. The van der Waals surface area contributed by atoms with Crippen molar-refractivity contribution in [3.05, 3.63) is 58.4 Å². The minimum atomic E-state index is 0.631. The fraction of sp³-hybridized carbons (Fsp3) is 0.278. The van der Waals surface area contributed by atoms with Gasteiger partial charge in [0.15, 0.2) is 10.6 Å². The first-order valence-electron chi connectivity index (χ1n) is 7.66. The van der Waals surface area contributed by atoms with Crippen LogP contribution in [0.25, 0.3) is 11.5 Å². The van der Waals surface area contributed by atoms with Crippen molar-refractivity contribution in [2.75, 3.05) is 13.7 Å². The molecule has 0 saturated carbocycles. The highest BCUT2D eigenvalue weighted by Gasteiger charge is 2.10. The zero-order chi connectivity index (χ0) is 16.1. The van der Waals surface area contributed by atoms with Crippen molar-refractivity contribution in [1.82, 2.24) is 4.57 Å². The average Bonchev–Trinajstić information content (AvgIpc) is 3.23. The van der Waals surface area contributed by atoms with Gasteiger partial charge in [0, 0.05) is 19.0 Å². The minimum Gasteiger partial charge on any atom is -0.463 e. The minimum absolute atomic E-state index is 0.631. The number of methoxy groups -OCH3 is 1. The molecule has 5 heteroatoms. The van der Waals surface area contributed by atoms with Gasteiger partial charge in [0.1, 0.15) is 0 Å². The predicted molar refractivity (Wildman–Crippen MR) is 92.9 cm³/mol. The van der Waals surface area contributed by atoms with Crippen LogP contribution in [0.3, 0.4) is 0 Å². The molecule has 0 atom stereocenters. The molecule has 2 heterocycles. The van der Waals surface area contributed by atoms with E-state index in [-0.39, 0.29) is 0 Å². The first-order valence-corrected chi connectivity index (χ1v) is 8.54. The standard InChI is InChI=1S/C18H20N2O2S/c1-3-14-6-8-15(9-7-14)19-18-20(10-12-21-2)16(13-23-18)17-5-4-11-22-17/h4-9,11,13H,3,10,12H2,1-2H3. The fourth-order valence-electron chi connectivity index (χ4n) is 2.36. The summed E-state index contributed by atoms with van der Waals surface area (Å²) in [6, 6.07) is 12.2. The molecule has 0 bridgehead atoms. The van der Waals surface area contributed by atoms with Gasteiger partial charge in [-0.05, 0) is 36.2 Å². The molecule has 0 saturated heterocycles. The van der Waals surface area contributed by atoms with Crippen molar-refractivity contribution in [2.45, 2.75) is 19.9 Å². The molecule has 0 amide bonds. The Balaban J connectivity index is 2.01. The molecule has 3 aromatic rings. The molecule has 4 nitrogen and oxygen atoms in total. The van der Waals surface area contributed by atoms with Gasteiger partial charge in [0.25, 0.3) is 0 Å². The van der Waals surface area contributed by atoms with Crippen molar-refractivity contribution in [1.29, 1.82) is 0 Å². The summed E-state index contributed by atoms with van der Waals surface area (Å²) in [4.78, 5) is 5.73. The number of hydrogen-bond donors (Lipinski definition) is 0. The summed E-state index contributed by atoms with van der Waals surface area (Å²) in [6.07, 6.45) is 2.73. The van der Waals surface area contributed by atoms with Crippen molar-refractivity contribution >= 4 is 17.0 Å². The maximum absolute atomic E-state index is 5.54. The summed E-state index contributed by atoms with van der Waals surface area (Å²) in [7, 11) is 1.71. The number of thiazole rings is 1. The van der Waals surface area contributed by atoms with E-state index in [1.54, 1.807) is 24.7 Å². The van der Waals surface area contributed by atoms with E-state index >= 15 is 0 Å². The molecular formula is C18H20N2O2S. The van der Waals surface area contributed by atoms with Gasteiger partial charge >= 0.3 is 0 Å². The Hall–Kier alpha value is -2.11. The summed E-state index contributed by atoms with van der Waals surface area (Å²) in [5, 5.41) is 2.08. The molecular weight excluding hydrogens is 308 g/mol. The lowest BCUT2D eigenvalue weighted by Gasteiger charge is -2.06. The molecule has 0 aliphatic rings. The molecule has 0 radical (unpaired) electrons. The van der Waals surface area contributed by atoms with Crippen LogP contribution in [0, 0.1) is 0 Å². The molecule has 0 spiro atoms. The van der Waals surface area contributed by atoms with Crippen LogP contribution in [-0.2, 0) is 17.7 Å². The van der Waals surface area contributed by atoms with E-state index in [2.05, 4.69) is 41.1 Å². The molecule has 0 unspecified atom stereocenters. The zero-order valence-corrected chi connectivity index (χ0v) is 14.2. The number of aryl methyl sites for hydroxylation is 1. The number of aromatic nitrogens is 1. The van der Waals surface area contributed by atoms with E-state index in [1.807, 2.05) is 12.1 Å². The first-order chi connectivity index (χ1) is 11.3. The van der Waals surface area contributed by atoms with Gasteiger partial charge in [0.2, 0.25) is 0 Å². The van der Waals surface area contributed by atoms with E-state index in [1.165, 1.54) is 5.56 Å². The molecule has 120 valence electrons. The highest BCUT2D eigenvalue weighted by molar-refractivity contribution is 7.07. The maximum atomic E-state index is 5.54. The Labute approximate surface area is 139 Å². The van der Waals surface area contributed by atoms with Crippen LogP contribution in [0.4, 0.5) is 5.69 Å². The van der Waals surface area contributed by atoms with Gasteiger partial charge in [-0.3, -0.25) is 0 Å². The summed E-state index contributed by atoms with van der Waals surface area (Å²) >= 11 is 1.61. The van der Waals surface area contributed by atoms with Crippen LogP contribution in [0.15, 0.2) is 57.5 Å². The molecule has 3 rings (SSSR count). The monoisotopic (exact) mass is 328 g/mol. The second-order valence-corrected chi connectivity index (χ2v) is 5.99. The van der Waals surface area contributed by atoms with Crippen LogP contribution < -0.4 is 4.80 Å². The third-order valence-corrected chi connectivity index (χ3v) is 4.52. The predicted octanol–water partition coefficient (Wildman–Crippen LogP) is 4.25. The van der Waals surface area contributed by atoms with E-state index < -0.39 is 0 Å². The quantitative estimate of drug-likeness (QED) is 0.678. The molecule has 0 fully saturated rings. The van der Waals surface area contributed by atoms with Gasteiger partial charge in [-0.25, -0.2) is 4.99 Å². The van der Waals surface area contributed by atoms with E-state index in [0.717, 1.165) is 34.9 Å². The Morgan fingerprint density at radius 2 is 2.04 bits per heavy atom. The fourth-order valence-corrected chi connectivity index (χ4v) is 3.29. The lowest BCUT2D eigenvalue weighted by atomic mass is 10.2. The number of benzene rings is 1. The third-order valence-electron chi connectivity index (χ3n) is 3.66. The second-order valence-electron chi connectivity index (χ2n) is 5.16. The average molecular weight is 328 g/mol. The normalized spacial score (nSPS) is 12.0. The van der Waals surface area contributed by atoms with Crippen LogP contribution in [0.5, 0.6) is 0 Å². The Morgan fingerprint density at radius 1 is 1.22 bits per heavy atom. The molecule has 23 heavy (non-hydrogen) atoms. The van der Waals surface area contributed by atoms with Gasteiger partial charge in [-0.15, -0.1) is 11.3 Å². The lowest BCUT2D eigenvalue weighted by Crippen LogP contribution is -2.18. The van der Waals surface area contributed by atoms with E-state index in [4.69, 9.17) is 14.1 Å². The van der Waals surface area contributed by atoms with Crippen LogP contribution in [0.1, 0.15) is 12.5 Å². The number of furan rings is 1. The molecule has 0 aliphatic carbocycles. The number of rotatable bonds is 6. The van der Waals surface area contributed by atoms with Crippen LogP contribution in [0.2, 0.25) is 0 Å². The summed E-state index contributed by atoms with van der Waals surface area (Å²) in [6.45, 7) is 3.52. The number of hydrogen-bond acceptors (Lipinski definition) is 4. The van der Waals surface area contributed by atoms with Crippen molar-refractivity contribution in [2.24, 2.45) is 4.99 Å². The highest BCUT2D eigenvalue weighted by atomic mass is 32.1. The molecule has 1 aromatic carbocycles. The van der Waals surface area contributed by atoms with Crippen molar-refractivity contribution in [3.63, 3.8) is 0 Å². The summed E-state index contributed by atoms with van der Waals surface area (Å²) in [5.74, 6) is 0.847. The maximum Gasteiger partial charge on any atom is 0.190 e. The highest BCUT2D eigenvalue weighted by Crippen LogP contribution is 2.21. The van der Waals surface area contributed by atoms with Crippen LogP contribution >= 0.6 is 11.3 Å². The van der Waals surface area contributed by atoms with Gasteiger partial charge < -0.3 is 13.7 Å². The van der Waals surface area contributed by atoms with Gasteiger partial charge in [-0.2, -0.15) is 0 Å². The van der Waals surface area contributed by atoms with Crippen molar-refractivity contribution in [3.8, 4) is 11.5 Å². The Bertz CT molecular complexity index is 798. The number of nitrogens with zero attached hydrogens (tertiary/aromatic N) is 2. The topological polar surface area (TPSA) is 39.7 Å². The smallest absolute Gasteiger partial charge is 0.190 e. The van der Waals surface area contributed by atoms with Crippen molar-refractivity contribution < 1.29 is 9.15 Å². The first kappa shape index (κ1) is 15.8. The zero-order valence-electron chi connectivity index (χ0n) is 13.4. The Morgan fingerprint density at radius 3 is 2.70 bits per heavy atom. The largest absolute Gasteiger partial charge is 0.463 e. The van der Waals surface area contributed by atoms with Crippen LogP contribution in [-0.4, -0.2) is 18.3 Å². The third kappa shape index (κ3) is 3.63. The SMILES string of the molecule is CCc1ccc(N=c2scc(-c3ccco3)n2CCOC)cc1. The van der Waals surface area contributed by atoms with Gasteiger partial charge in [0.05, 0.1) is 24.3 Å². The number of ether oxygens (including phenoxy) is 1. The lowest BCUT2D eigenvalue weighted by molar-refractivity contribution is 0.187. The molecule has 0 N–H and O–H groups in total.